The molecule has 3 aromatic rings. The minimum absolute atomic E-state index is 0.845. The molecule has 3 heteroatoms. The number of aromatic nitrogens is 2. The first-order chi connectivity index (χ1) is 10.1. The van der Waals surface area contributed by atoms with Gasteiger partial charge in [-0.15, -0.1) is 0 Å². The van der Waals surface area contributed by atoms with E-state index in [4.69, 9.17) is 14.7 Å². The predicted molar refractivity (Wildman–Crippen MR) is 85.7 cm³/mol. The first-order valence-corrected chi connectivity index (χ1v) is 6.98. The van der Waals surface area contributed by atoms with Crippen LogP contribution in [0.3, 0.4) is 0 Å². The topological polar surface area (TPSA) is 35.0 Å². The molecule has 0 bridgehead atoms. The Morgan fingerprint density at radius 3 is 2.43 bits per heavy atom. The van der Waals surface area contributed by atoms with Crippen molar-refractivity contribution < 1.29 is 4.74 Å². The van der Waals surface area contributed by atoms with Crippen LogP contribution in [-0.2, 0) is 0 Å². The molecule has 0 saturated heterocycles. The number of hydrogen-bond acceptors (Lipinski definition) is 3. The minimum Gasteiger partial charge on any atom is -0.497 e. The van der Waals surface area contributed by atoms with Gasteiger partial charge in [-0.2, -0.15) is 0 Å². The van der Waals surface area contributed by atoms with Crippen LogP contribution < -0.4 is 4.74 Å². The molecular formula is C18H18N2O. The van der Waals surface area contributed by atoms with Crippen LogP contribution in [0.4, 0.5) is 0 Å². The Bertz CT molecular complexity index is 825. The van der Waals surface area contributed by atoms with E-state index in [0.717, 1.165) is 39.3 Å². The Labute approximate surface area is 124 Å². The molecule has 2 aromatic heterocycles. The van der Waals surface area contributed by atoms with Gasteiger partial charge in [-0.1, -0.05) is 12.1 Å². The van der Waals surface area contributed by atoms with Gasteiger partial charge in [-0.25, -0.2) is 4.98 Å². The summed E-state index contributed by atoms with van der Waals surface area (Å²) in [4.78, 5) is 9.43. The zero-order chi connectivity index (χ0) is 15.0. The summed E-state index contributed by atoms with van der Waals surface area (Å²) in [6.07, 6.45) is 0. The van der Waals surface area contributed by atoms with Crippen molar-refractivity contribution in [1.29, 1.82) is 0 Å². The Kier molecular flexibility index (Phi) is 3.34. The highest BCUT2D eigenvalue weighted by Crippen LogP contribution is 2.25. The molecule has 2 heterocycles. The third-order valence-electron chi connectivity index (χ3n) is 3.80. The zero-order valence-electron chi connectivity index (χ0n) is 12.8. The Balaban J connectivity index is 2.15. The molecule has 0 aliphatic rings. The van der Waals surface area contributed by atoms with Crippen molar-refractivity contribution in [3.05, 3.63) is 53.2 Å². The second-order valence-electron chi connectivity index (χ2n) is 5.31. The average Bonchev–Trinajstić information content (AvgIpc) is 2.50. The van der Waals surface area contributed by atoms with Gasteiger partial charge in [-0.3, -0.25) is 4.98 Å². The highest BCUT2D eigenvalue weighted by atomic mass is 16.5. The maximum atomic E-state index is 5.25. The van der Waals surface area contributed by atoms with Crippen LogP contribution in [0.5, 0.6) is 5.75 Å². The minimum atomic E-state index is 0.845. The second kappa shape index (κ2) is 5.17. The van der Waals surface area contributed by atoms with Gasteiger partial charge in [0.2, 0.25) is 0 Å². The summed E-state index contributed by atoms with van der Waals surface area (Å²) >= 11 is 0. The number of ether oxygens (including phenoxy) is 1. The fourth-order valence-electron chi connectivity index (χ4n) is 2.46. The first-order valence-electron chi connectivity index (χ1n) is 6.98. The van der Waals surface area contributed by atoms with Gasteiger partial charge in [-0.05, 0) is 56.2 Å². The van der Waals surface area contributed by atoms with E-state index in [1.165, 1.54) is 5.56 Å². The number of methoxy groups -OCH3 is 1. The summed E-state index contributed by atoms with van der Waals surface area (Å²) in [7, 11) is 1.67. The Morgan fingerprint density at radius 1 is 0.857 bits per heavy atom. The SMILES string of the molecule is COc1ccc2nc(-c3nc(C)c(C)cc3C)ccc2c1. The molecule has 0 atom stereocenters. The number of nitrogens with zero attached hydrogens (tertiary/aromatic N) is 2. The van der Waals surface area contributed by atoms with E-state index in [1.54, 1.807) is 7.11 Å². The number of benzene rings is 1. The maximum absolute atomic E-state index is 5.25. The maximum Gasteiger partial charge on any atom is 0.119 e. The lowest BCUT2D eigenvalue weighted by Gasteiger charge is -2.09. The summed E-state index contributed by atoms with van der Waals surface area (Å²) in [6.45, 7) is 6.19. The summed E-state index contributed by atoms with van der Waals surface area (Å²) in [6, 6.07) is 12.2. The number of rotatable bonds is 2. The van der Waals surface area contributed by atoms with E-state index in [1.807, 2.05) is 31.2 Å². The summed E-state index contributed by atoms with van der Waals surface area (Å²) in [5.74, 6) is 0.845. The molecule has 0 unspecified atom stereocenters. The molecule has 3 rings (SSSR count). The molecule has 0 fully saturated rings. The van der Waals surface area contributed by atoms with Crippen LogP contribution in [0.2, 0.25) is 0 Å². The number of aryl methyl sites for hydroxylation is 3. The van der Waals surface area contributed by atoms with E-state index in [-0.39, 0.29) is 0 Å². The van der Waals surface area contributed by atoms with E-state index >= 15 is 0 Å². The van der Waals surface area contributed by atoms with Gasteiger partial charge in [0.25, 0.3) is 0 Å². The fraction of sp³-hybridized carbons (Fsp3) is 0.222. The number of hydrogen-bond donors (Lipinski definition) is 0. The van der Waals surface area contributed by atoms with Crippen molar-refractivity contribution >= 4 is 10.9 Å². The quantitative estimate of drug-likeness (QED) is 0.703. The highest BCUT2D eigenvalue weighted by Gasteiger charge is 2.09. The van der Waals surface area contributed by atoms with E-state index in [9.17, 15) is 0 Å². The third-order valence-corrected chi connectivity index (χ3v) is 3.80. The van der Waals surface area contributed by atoms with Crippen molar-refractivity contribution in [3.8, 4) is 17.1 Å². The second-order valence-corrected chi connectivity index (χ2v) is 5.31. The van der Waals surface area contributed by atoms with E-state index < -0.39 is 0 Å². The fourth-order valence-corrected chi connectivity index (χ4v) is 2.46. The lowest BCUT2D eigenvalue weighted by molar-refractivity contribution is 0.415. The molecule has 21 heavy (non-hydrogen) atoms. The van der Waals surface area contributed by atoms with Gasteiger partial charge in [0.05, 0.1) is 24.0 Å². The van der Waals surface area contributed by atoms with Crippen LogP contribution in [0.15, 0.2) is 36.4 Å². The standard InChI is InChI=1S/C18H18N2O/c1-11-9-12(2)18(19-13(11)3)17-7-5-14-10-15(21-4)6-8-16(14)20-17/h5-10H,1-4H3. The summed E-state index contributed by atoms with van der Waals surface area (Å²) in [5.41, 5.74) is 6.23. The largest absolute Gasteiger partial charge is 0.497 e. The molecule has 0 aliphatic carbocycles. The molecule has 0 spiro atoms. The summed E-state index contributed by atoms with van der Waals surface area (Å²) < 4.78 is 5.25. The normalized spacial score (nSPS) is 10.9. The molecule has 1 aromatic carbocycles. The molecule has 0 aliphatic heterocycles. The molecule has 106 valence electrons. The van der Waals surface area contributed by atoms with Gasteiger partial charge in [0.1, 0.15) is 5.75 Å². The molecular weight excluding hydrogens is 260 g/mol. The zero-order valence-corrected chi connectivity index (χ0v) is 12.8. The lowest BCUT2D eigenvalue weighted by Crippen LogP contribution is -1.96. The molecule has 3 nitrogen and oxygen atoms in total. The Morgan fingerprint density at radius 2 is 1.67 bits per heavy atom. The van der Waals surface area contributed by atoms with Crippen LogP contribution in [-0.4, -0.2) is 17.1 Å². The van der Waals surface area contributed by atoms with Crippen LogP contribution in [0.1, 0.15) is 16.8 Å². The van der Waals surface area contributed by atoms with E-state index in [0.29, 0.717) is 0 Å². The van der Waals surface area contributed by atoms with Crippen molar-refractivity contribution in [2.75, 3.05) is 7.11 Å². The van der Waals surface area contributed by atoms with Gasteiger partial charge >= 0.3 is 0 Å². The molecule has 0 saturated carbocycles. The van der Waals surface area contributed by atoms with Crippen LogP contribution in [0, 0.1) is 20.8 Å². The smallest absolute Gasteiger partial charge is 0.119 e. The first kappa shape index (κ1) is 13.6. The number of fused-ring (bicyclic) bond motifs is 1. The van der Waals surface area contributed by atoms with Gasteiger partial charge < -0.3 is 4.74 Å². The molecule has 0 radical (unpaired) electrons. The monoisotopic (exact) mass is 278 g/mol. The molecule has 0 N–H and O–H groups in total. The third kappa shape index (κ3) is 2.47. The van der Waals surface area contributed by atoms with Crippen molar-refractivity contribution in [3.63, 3.8) is 0 Å². The van der Waals surface area contributed by atoms with Gasteiger partial charge in [0.15, 0.2) is 0 Å². The Hall–Kier alpha value is -2.42. The van der Waals surface area contributed by atoms with Crippen LogP contribution >= 0.6 is 0 Å². The van der Waals surface area contributed by atoms with Crippen molar-refractivity contribution in [2.45, 2.75) is 20.8 Å². The summed E-state index contributed by atoms with van der Waals surface area (Å²) in [5, 5.41) is 1.07. The average molecular weight is 278 g/mol. The van der Waals surface area contributed by atoms with Crippen molar-refractivity contribution in [2.24, 2.45) is 0 Å². The van der Waals surface area contributed by atoms with Gasteiger partial charge in [0, 0.05) is 11.1 Å². The highest BCUT2D eigenvalue weighted by molar-refractivity contribution is 5.82. The van der Waals surface area contributed by atoms with Crippen molar-refractivity contribution in [1.82, 2.24) is 9.97 Å². The van der Waals surface area contributed by atoms with Crippen LogP contribution in [0.25, 0.3) is 22.3 Å². The van der Waals surface area contributed by atoms with E-state index in [2.05, 4.69) is 26.0 Å². The lowest BCUT2D eigenvalue weighted by atomic mass is 10.1. The molecule has 0 amide bonds. The predicted octanol–water partition coefficient (Wildman–Crippen LogP) is 4.23. The number of pyridine rings is 2.